The van der Waals surface area contributed by atoms with Gasteiger partial charge in [-0.1, -0.05) is 31.4 Å². The molecule has 1 N–H and O–H groups in total. The zero-order valence-electron chi connectivity index (χ0n) is 10.5. The summed E-state index contributed by atoms with van der Waals surface area (Å²) in [5, 5.41) is 3.39. The first kappa shape index (κ1) is 13.3. The van der Waals surface area contributed by atoms with Crippen LogP contribution in [0.5, 0.6) is 0 Å². The van der Waals surface area contributed by atoms with Gasteiger partial charge in [0, 0.05) is 18.3 Å². The Bertz CT molecular complexity index is 407. The Labute approximate surface area is 112 Å². The fourth-order valence-electron chi connectivity index (χ4n) is 2.08. The van der Waals surface area contributed by atoms with Gasteiger partial charge in [0.05, 0.1) is 11.6 Å². The van der Waals surface area contributed by atoms with Crippen LogP contribution in [0, 0.1) is 11.8 Å². The van der Waals surface area contributed by atoms with Gasteiger partial charge in [-0.25, -0.2) is 9.97 Å². The first-order valence-corrected chi connectivity index (χ1v) is 6.82. The highest BCUT2D eigenvalue weighted by atomic mass is 35.5. The molecule has 1 aromatic heterocycles. The van der Waals surface area contributed by atoms with E-state index in [2.05, 4.69) is 22.2 Å². The van der Waals surface area contributed by atoms with Crippen LogP contribution in [0.2, 0.25) is 5.02 Å². The molecule has 1 aliphatic rings. The van der Waals surface area contributed by atoms with Crippen LogP contribution in [0.1, 0.15) is 38.4 Å². The second-order valence-corrected chi connectivity index (χ2v) is 5.22. The maximum absolute atomic E-state index is 11.8. The quantitative estimate of drug-likeness (QED) is 0.862. The average Bonchev–Trinajstić information content (AvgIpc) is 3.15. The molecule has 0 radical (unpaired) electrons. The van der Waals surface area contributed by atoms with E-state index in [1.54, 1.807) is 0 Å². The van der Waals surface area contributed by atoms with Crippen molar-refractivity contribution in [3.8, 4) is 0 Å². The number of halogens is 1. The third-order valence-corrected chi connectivity index (χ3v) is 3.48. The highest BCUT2D eigenvalue weighted by Crippen LogP contribution is 2.42. The molecule has 18 heavy (non-hydrogen) atoms. The molecular weight excluding hydrogens is 250 g/mol. The van der Waals surface area contributed by atoms with Crippen molar-refractivity contribution in [1.82, 2.24) is 15.3 Å². The van der Waals surface area contributed by atoms with Crippen molar-refractivity contribution in [2.45, 2.75) is 39.2 Å². The van der Waals surface area contributed by atoms with Gasteiger partial charge in [0.1, 0.15) is 5.82 Å². The molecular formula is C13H18ClN3O. The number of rotatable bonds is 6. The number of hydrogen-bond acceptors (Lipinski definition) is 3. The summed E-state index contributed by atoms with van der Waals surface area (Å²) in [5.74, 6) is 1.54. The first-order chi connectivity index (χ1) is 8.70. The lowest BCUT2D eigenvalue weighted by Gasteiger charge is -2.03. The predicted molar refractivity (Wildman–Crippen MR) is 70.0 cm³/mol. The predicted octanol–water partition coefficient (Wildman–Crippen LogP) is 2.57. The zero-order chi connectivity index (χ0) is 13.0. The topological polar surface area (TPSA) is 54.9 Å². The SMILES string of the molecule is CCCC[C@@H]1C[C@@H]1C(=O)NCc1ncc(Cl)cn1. The fourth-order valence-corrected chi connectivity index (χ4v) is 2.18. The average molecular weight is 268 g/mol. The van der Waals surface area contributed by atoms with Gasteiger partial charge in [-0.15, -0.1) is 0 Å². The lowest BCUT2D eigenvalue weighted by molar-refractivity contribution is -0.122. The number of nitrogens with zero attached hydrogens (tertiary/aromatic N) is 2. The monoisotopic (exact) mass is 267 g/mol. The van der Waals surface area contributed by atoms with Gasteiger partial charge in [0.2, 0.25) is 5.91 Å². The van der Waals surface area contributed by atoms with Crippen molar-refractivity contribution in [2.75, 3.05) is 0 Å². The van der Waals surface area contributed by atoms with Crippen LogP contribution in [-0.4, -0.2) is 15.9 Å². The number of nitrogens with one attached hydrogen (secondary N) is 1. The van der Waals surface area contributed by atoms with Crippen molar-refractivity contribution < 1.29 is 4.79 Å². The van der Waals surface area contributed by atoms with Crippen molar-refractivity contribution in [3.63, 3.8) is 0 Å². The van der Waals surface area contributed by atoms with Crippen LogP contribution in [-0.2, 0) is 11.3 Å². The number of carbonyl (C=O) groups excluding carboxylic acids is 1. The number of hydrogen-bond donors (Lipinski definition) is 1. The van der Waals surface area contributed by atoms with E-state index in [0.717, 1.165) is 6.42 Å². The summed E-state index contributed by atoms with van der Waals surface area (Å²) in [7, 11) is 0. The summed E-state index contributed by atoms with van der Waals surface area (Å²) >= 11 is 5.69. The van der Waals surface area contributed by atoms with E-state index in [4.69, 9.17) is 11.6 Å². The van der Waals surface area contributed by atoms with E-state index in [1.807, 2.05) is 0 Å². The Kier molecular flexibility index (Phi) is 4.53. The molecule has 4 nitrogen and oxygen atoms in total. The molecule has 1 saturated carbocycles. The molecule has 1 aliphatic carbocycles. The lowest BCUT2D eigenvalue weighted by atomic mass is 10.1. The minimum Gasteiger partial charge on any atom is -0.349 e. The van der Waals surface area contributed by atoms with Gasteiger partial charge in [0.25, 0.3) is 0 Å². The normalized spacial score (nSPS) is 21.7. The first-order valence-electron chi connectivity index (χ1n) is 6.45. The number of unbranched alkanes of at least 4 members (excludes halogenated alkanes) is 1. The van der Waals surface area contributed by atoms with E-state index in [-0.39, 0.29) is 11.8 Å². The minimum atomic E-state index is 0.134. The van der Waals surface area contributed by atoms with E-state index in [9.17, 15) is 4.79 Å². The van der Waals surface area contributed by atoms with E-state index in [0.29, 0.717) is 23.3 Å². The second kappa shape index (κ2) is 6.14. The van der Waals surface area contributed by atoms with Crippen LogP contribution < -0.4 is 5.32 Å². The largest absolute Gasteiger partial charge is 0.349 e. The van der Waals surface area contributed by atoms with Gasteiger partial charge >= 0.3 is 0 Å². The Balaban J connectivity index is 1.71. The Hall–Kier alpha value is -1.16. The van der Waals surface area contributed by atoms with Crippen molar-refractivity contribution in [2.24, 2.45) is 11.8 Å². The molecule has 2 rings (SSSR count). The van der Waals surface area contributed by atoms with E-state index >= 15 is 0 Å². The highest BCUT2D eigenvalue weighted by molar-refractivity contribution is 6.30. The Morgan fingerprint density at radius 1 is 1.50 bits per heavy atom. The summed E-state index contributed by atoms with van der Waals surface area (Å²) in [4.78, 5) is 19.9. The zero-order valence-corrected chi connectivity index (χ0v) is 11.3. The molecule has 98 valence electrons. The van der Waals surface area contributed by atoms with Crippen molar-refractivity contribution in [3.05, 3.63) is 23.2 Å². The number of aromatic nitrogens is 2. The summed E-state index contributed by atoms with van der Waals surface area (Å²) in [5.41, 5.74) is 0. The molecule has 1 heterocycles. The Morgan fingerprint density at radius 2 is 2.22 bits per heavy atom. The minimum absolute atomic E-state index is 0.134. The molecule has 0 saturated heterocycles. The van der Waals surface area contributed by atoms with Crippen LogP contribution in [0.25, 0.3) is 0 Å². The summed E-state index contributed by atoms with van der Waals surface area (Å²) in [6.07, 6.45) is 7.70. The molecule has 0 aromatic carbocycles. The molecule has 0 aliphatic heterocycles. The maximum atomic E-state index is 11.8. The number of amides is 1. The van der Waals surface area contributed by atoms with Crippen LogP contribution in [0.15, 0.2) is 12.4 Å². The van der Waals surface area contributed by atoms with Crippen molar-refractivity contribution >= 4 is 17.5 Å². The lowest BCUT2D eigenvalue weighted by Crippen LogP contribution is -2.26. The van der Waals surface area contributed by atoms with Gasteiger partial charge < -0.3 is 5.32 Å². The summed E-state index contributed by atoms with van der Waals surface area (Å²) in [6.45, 7) is 2.56. The van der Waals surface area contributed by atoms with Gasteiger partial charge in [-0.3, -0.25) is 4.79 Å². The second-order valence-electron chi connectivity index (χ2n) is 4.78. The molecule has 1 aromatic rings. The maximum Gasteiger partial charge on any atom is 0.223 e. The summed E-state index contributed by atoms with van der Waals surface area (Å²) < 4.78 is 0. The van der Waals surface area contributed by atoms with Gasteiger partial charge in [-0.2, -0.15) is 0 Å². The highest BCUT2D eigenvalue weighted by Gasteiger charge is 2.41. The van der Waals surface area contributed by atoms with Crippen LogP contribution in [0.4, 0.5) is 0 Å². The van der Waals surface area contributed by atoms with Crippen LogP contribution in [0.3, 0.4) is 0 Å². The molecule has 1 fully saturated rings. The molecule has 2 atom stereocenters. The molecule has 0 unspecified atom stereocenters. The molecule has 0 spiro atoms. The molecule has 1 amide bonds. The van der Waals surface area contributed by atoms with E-state index in [1.165, 1.54) is 31.7 Å². The summed E-state index contributed by atoms with van der Waals surface area (Å²) in [6, 6.07) is 0. The molecule has 0 bridgehead atoms. The van der Waals surface area contributed by atoms with Crippen molar-refractivity contribution in [1.29, 1.82) is 0 Å². The smallest absolute Gasteiger partial charge is 0.223 e. The van der Waals surface area contributed by atoms with Gasteiger partial charge in [0.15, 0.2) is 0 Å². The molecule has 5 heteroatoms. The number of carbonyl (C=O) groups is 1. The van der Waals surface area contributed by atoms with Crippen LogP contribution >= 0.6 is 11.6 Å². The van der Waals surface area contributed by atoms with E-state index < -0.39 is 0 Å². The third kappa shape index (κ3) is 3.67. The fraction of sp³-hybridized carbons (Fsp3) is 0.615. The third-order valence-electron chi connectivity index (χ3n) is 3.28. The Morgan fingerprint density at radius 3 is 2.89 bits per heavy atom. The standard InChI is InChI=1S/C13H18ClN3O/c1-2-3-4-9-5-11(9)13(18)17-8-12-15-6-10(14)7-16-12/h6-7,9,11H,2-5,8H2,1H3,(H,17,18)/t9-,11+/m1/s1. The van der Waals surface area contributed by atoms with Gasteiger partial charge in [-0.05, 0) is 18.8 Å².